The van der Waals surface area contributed by atoms with Gasteiger partial charge in [0.15, 0.2) is 0 Å². The van der Waals surface area contributed by atoms with E-state index < -0.39 is 38.7 Å². The summed E-state index contributed by atoms with van der Waals surface area (Å²) in [4.78, 5) is 10.4. The Morgan fingerprint density at radius 3 is 2.50 bits per heavy atom. The molecule has 1 atom stereocenters. The fourth-order valence-electron chi connectivity index (χ4n) is 1.62. The van der Waals surface area contributed by atoms with Gasteiger partial charge in [0.1, 0.15) is 6.04 Å². The molecule has 0 bridgehead atoms. The molecule has 0 spiro atoms. The Balaban J connectivity index is 3.05. The molecule has 0 radical (unpaired) electrons. The number of thiol groups is 1. The highest BCUT2D eigenvalue weighted by molar-refractivity contribution is 7.89. The maximum absolute atomic E-state index is 12.6. The van der Waals surface area contributed by atoms with E-state index >= 15 is 0 Å². The Morgan fingerprint density at radius 2 is 2.00 bits per heavy atom. The van der Waals surface area contributed by atoms with Crippen LogP contribution in [0.3, 0.4) is 0 Å². The topological polar surface area (TPSA) is 83.5 Å². The molecule has 2 N–H and O–H groups in total. The maximum Gasteiger partial charge on any atom is 0.416 e. The average molecular weight is 357 g/mol. The smallest absolute Gasteiger partial charge is 0.416 e. The number of aliphatic carboxylic acids is 1. The van der Waals surface area contributed by atoms with Crippen LogP contribution in [0.15, 0.2) is 29.2 Å². The van der Waals surface area contributed by atoms with Crippen molar-refractivity contribution in [2.75, 3.05) is 5.75 Å². The highest BCUT2D eigenvalue weighted by atomic mass is 32.2. The summed E-state index contributed by atoms with van der Waals surface area (Å²) >= 11 is 3.89. The number of alkyl halides is 3. The van der Waals surface area contributed by atoms with Crippen molar-refractivity contribution in [2.24, 2.45) is 0 Å². The first-order valence-electron chi connectivity index (χ1n) is 6.11. The van der Waals surface area contributed by atoms with Gasteiger partial charge in [-0.25, -0.2) is 8.42 Å². The minimum Gasteiger partial charge on any atom is -0.480 e. The number of hydrogen-bond donors (Lipinski definition) is 3. The van der Waals surface area contributed by atoms with Crippen LogP contribution in [0, 0.1) is 0 Å². The molecule has 0 amide bonds. The number of benzene rings is 1. The van der Waals surface area contributed by atoms with Gasteiger partial charge in [0.2, 0.25) is 10.0 Å². The lowest BCUT2D eigenvalue weighted by atomic mass is 10.2. The maximum atomic E-state index is 12.6. The molecule has 0 saturated carbocycles. The van der Waals surface area contributed by atoms with Crippen molar-refractivity contribution < 1.29 is 31.5 Å². The molecule has 5 nitrogen and oxygen atoms in total. The van der Waals surface area contributed by atoms with Gasteiger partial charge in [-0.2, -0.15) is 30.5 Å². The summed E-state index contributed by atoms with van der Waals surface area (Å²) < 4.78 is 63.7. The largest absolute Gasteiger partial charge is 0.480 e. The van der Waals surface area contributed by atoms with Crippen LogP contribution >= 0.6 is 12.6 Å². The molecule has 0 fully saturated rings. The van der Waals surface area contributed by atoms with Crippen LogP contribution < -0.4 is 4.72 Å². The summed E-state index contributed by atoms with van der Waals surface area (Å²) in [5.41, 5.74) is -1.13. The molecule has 22 heavy (non-hydrogen) atoms. The number of nitrogens with one attached hydrogen (secondary N) is 1. The normalized spacial score (nSPS) is 13.8. The van der Waals surface area contributed by atoms with E-state index in [1.54, 1.807) is 0 Å². The predicted octanol–water partition coefficient (Wildman–Crippen LogP) is 2.15. The van der Waals surface area contributed by atoms with Crippen LogP contribution in [0.2, 0.25) is 0 Å². The number of hydrogen-bond acceptors (Lipinski definition) is 4. The lowest BCUT2D eigenvalue weighted by molar-refractivity contribution is -0.139. The molecule has 1 aromatic carbocycles. The summed E-state index contributed by atoms with van der Waals surface area (Å²) in [5.74, 6) is -1.05. The second-order valence-electron chi connectivity index (χ2n) is 4.40. The number of halogens is 3. The zero-order valence-electron chi connectivity index (χ0n) is 11.2. The van der Waals surface area contributed by atoms with Crippen LogP contribution in [0.1, 0.15) is 18.4 Å². The summed E-state index contributed by atoms with van der Waals surface area (Å²) in [6.45, 7) is 0. The Morgan fingerprint density at radius 1 is 1.36 bits per heavy atom. The van der Waals surface area contributed by atoms with E-state index in [-0.39, 0.29) is 6.42 Å². The molecule has 0 aliphatic rings. The Labute approximate surface area is 131 Å². The first-order chi connectivity index (χ1) is 10.1. The molecule has 1 unspecified atom stereocenters. The first kappa shape index (κ1) is 18.8. The van der Waals surface area contributed by atoms with Gasteiger partial charge in [-0.3, -0.25) is 4.79 Å². The monoisotopic (exact) mass is 357 g/mol. The quantitative estimate of drug-likeness (QED) is 0.653. The molecule has 1 rings (SSSR count). The van der Waals surface area contributed by atoms with E-state index in [0.717, 1.165) is 18.2 Å². The van der Waals surface area contributed by atoms with E-state index in [1.165, 1.54) is 0 Å². The van der Waals surface area contributed by atoms with E-state index in [9.17, 15) is 26.4 Å². The van der Waals surface area contributed by atoms with Gasteiger partial charge in [0.05, 0.1) is 10.5 Å². The van der Waals surface area contributed by atoms with Gasteiger partial charge >= 0.3 is 12.1 Å². The van der Waals surface area contributed by atoms with Crippen molar-refractivity contribution >= 4 is 28.6 Å². The standard InChI is InChI=1S/C12H14F3NO4S2/c13-12(14,15)8-3-1-4-9(7-8)22(19,20)16-10(11(17)18)5-2-6-21/h1,3-4,7,10,16,21H,2,5-6H2,(H,17,18). The number of sulfonamides is 1. The molecule has 0 aliphatic heterocycles. The van der Waals surface area contributed by atoms with Gasteiger partial charge < -0.3 is 5.11 Å². The Hall–Kier alpha value is -1.26. The molecular weight excluding hydrogens is 343 g/mol. The van der Waals surface area contributed by atoms with Crippen molar-refractivity contribution in [1.82, 2.24) is 4.72 Å². The lowest BCUT2D eigenvalue weighted by Gasteiger charge is -2.15. The molecule has 0 aliphatic carbocycles. The van der Waals surface area contributed by atoms with E-state index in [0.29, 0.717) is 18.2 Å². The Bertz CT molecular complexity index is 632. The van der Waals surface area contributed by atoms with Crippen molar-refractivity contribution in [3.05, 3.63) is 29.8 Å². The third-order valence-electron chi connectivity index (χ3n) is 2.72. The van der Waals surface area contributed by atoms with Crippen molar-refractivity contribution in [1.29, 1.82) is 0 Å². The molecular formula is C12H14F3NO4S2. The SMILES string of the molecule is O=C(O)C(CCCS)NS(=O)(=O)c1cccc(C(F)(F)F)c1. The van der Waals surface area contributed by atoms with Gasteiger partial charge in [0, 0.05) is 0 Å². The van der Waals surface area contributed by atoms with Gasteiger partial charge in [0.25, 0.3) is 0 Å². The number of carboxylic acids is 1. The zero-order valence-corrected chi connectivity index (χ0v) is 12.9. The first-order valence-corrected chi connectivity index (χ1v) is 8.23. The van der Waals surface area contributed by atoms with Gasteiger partial charge in [-0.05, 0) is 36.8 Å². The third kappa shape index (κ3) is 5.18. The zero-order chi connectivity index (χ0) is 17.0. The van der Waals surface area contributed by atoms with Crippen molar-refractivity contribution in [3.8, 4) is 0 Å². The van der Waals surface area contributed by atoms with Crippen LogP contribution in [-0.4, -0.2) is 31.3 Å². The summed E-state index contributed by atoms with van der Waals surface area (Å²) in [7, 11) is -4.37. The number of rotatable bonds is 7. The van der Waals surface area contributed by atoms with Crippen LogP contribution in [0.5, 0.6) is 0 Å². The van der Waals surface area contributed by atoms with Crippen molar-refractivity contribution in [2.45, 2.75) is 30.0 Å². The summed E-state index contributed by atoms with van der Waals surface area (Å²) in [6, 6.07) is 1.68. The van der Waals surface area contributed by atoms with Crippen LogP contribution in [0.25, 0.3) is 0 Å². The van der Waals surface area contributed by atoms with E-state index in [2.05, 4.69) is 12.6 Å². The minimum atomic E-state index is -4.69. The number of carboxylic acid groups (broad SMARTS) is 1. The van der Waals surface area contributed by atoms with Gasteiger partial charge in [-0.15, -0.1) is 0 Å². The van der Waals surface area contributed by atoms with Crippen LogP contribution in [-0.2, 0) is 21.0 Å². The fourth-order valence-corrected chi connectivity index (χ4v) is 3.07. The van der Waals surface area contributed by atoms with Crippen molar-refractivity contribution in [3.63, 3.8) is 0 Å². The average Bonchev–Trinajstić information content (AvgIpc) is 2.42. The number of carbonyl (C=O) groups is 1. The minimum absolute atomic E-state index is 0.0168. The third-order valence-corrected chi connectivity index (χ3v) is 4.50. The fraction of sp³-hybridized carbons (Fsp3) is 0.417. The summed E-state index contributed by atoms with van der Waals surface area (Å²) in [5, 5.41) is 8.96. The van der Waals surface area contributed by atoms with E-state index in [4.69, 9.17) is 5.11 Å². The molecule has 1 aromatic rings. The van der Waals surface area contributed by atoms with E-state index in [1.807, 2.05) is 4.72 Å². The van der Waals surface area contributed by atoms with Gasteiger partial charge in [-0.1, -0.05) is 6.07 Å². The molecule has 10 heteroatoms. The highest BCUT2D eigenvalue weighted by Crippen LogP contribution is 2.30. The second kappa shape index (κ2) is 7.34. The lowest BCUT2D eigenvalue weighted by Crippen LogP contribution is -2.40. The second-order valence-corrected chi connectivity index (χ2v) is 6.56. The Kier molecular flexibility index (Phi) is 6.27. The van der Waals surface area contributed by atoms with Crippen LogP contribution in [0.4, 0.5) is 13.2 Å². The summed E-state index contributed by atoms with van der Waals surface area (Å²) in [6.07, 6.45) is -4.37. The molecule has 0 heterocycles. The molecule has 0 aromatic heterocycles. The molecule has 124 valence electrons. The highest BCUT2D eigenvalue weighted by Gasteiger charge is 2.32. The predicted molar refractivity (Wildman–Crippen MR) is 76.3 cm³/mol. The molecule has 0 saturated heterocycles.